The van der Waals surface area contributed by atoms with Gasteiger partial charge < -0.3 is 0 Å². The van der Waals surface area contributed by atoms with E-state index in [0.717, 1.165) is 0 Å². The van der Waals surface area contributed by atoms with Gasteiger partial charge >= 0.3 is 0 Å². The zero-order valence-electron chi connectivity index (χ0n) is 35.2. The van der Waals surface area contributed by atoms with Gasteiger partial charge in [0.1, 0.15) is 0 Å². The molecule has 0 aromatic heterocycles. The minimum absolute atomic E-state index is 1.18. The highest BCUT2D eigenvalue weighted by Gasteiger charge is 2.20. The lowest BCUT2D eigenvalue weighted by molar-refractivity contribution is 1.58. The highest BCUT2D eigenvalue weighted by Crippen LogP contribution is 2.48. The monoisotopic (exact) mass is 810 g/mol. The van der Waals surface area contributed by atoms with Crippen molar-refractivity contribution in [2.24, 2.45) is 0 Å². The molecule has 0 radical (unpaired) electrons. The zero-order chi connectivity index (χ0) is 42.4. The molecule has 0 fully saturated rings. The first-order valence-electron chi connectivity index (χ1n) is 22.2. The van der Waals surface area contributed by atoms with Crippen LogP contribution in [0.1, 0.15) is 0 Å². The number of fused-ring (bicyclic) bond motifs is 6. The van der Waals surface area contributed by atoms with Crippen LogP contribution >= 0.6 is 0 Å². The minimum Gasteiger partial charge on any atom is -0.0622 e. The van der Waals surface area contributed by atoms with Crippen molar-refractivity contribution in [1.29, 1.82) is 0 Å². The van der Waals surface area contributed by atoms with Crippen molar-refractivity contribution in [3.8, 4) is 77.9 Å². The normalized spacial score (nSPS) is 11.4. The molecule has 298 valence electrons. The first-order chi connectivity index (χ1) is 31.8. The van der Waals surface area contributed by atoms with Crippen LogP contribution in [0.4, 0.5) is 0 Å². The minimum atomic E-state index is 1.18. The van der Waals surface area contributed by atoms with Crippen molar-refractivity contribution in [1.82, 2.24) is 0 Å². The first-order valence-corrected chi connectivity index (χ1v) is 22.2. The molecule has 0 atom stereocenters. The first kappa shape index (κ1) is 37.4. The fourth-order valence-corrected chi connectivity index (χ4v) is 10.1. The number of hydrogen-bond donors (Lipinski definition) is 0. The van der Waals surface area contributed by atoms with Gasteiger partial charge in [-0.15, -0.1) is 0 Å². The van der Waals surface area contributed by atoms with E-state index in [1.54, 1.807) is 0 Å². The van der Waals surface area contributed by atoms with Crippen molar-refractivity contribution in [3.63, 3.8) is 0 Å². The lowest BCUT2D eigenvalue weighted by Crippen LogP contribution is -1.93. The lowest BCUT2D eigenvalue weighted by Gasteiger charge is -2.20. The van der Waals surface area contributed by atoms with Crippen LogP contribution in [0.5, 0.6) is 0 Å². The van der Waals surface area contributed by atoms with Gasteiger partial charge in [-0.1, -0.05) is 243 Å². The van der Waals surface area contributed by atoms with Crippen LogP contribution in [0, 0.1) is 0 Å². The molecule has 64 heavy (non-hydrogen) atoms. The van der Waals surface area contributed by atoms with Gasteiger partial charge in [0.15, 0.2) is 0 Å². The molecule has 0 heteroatoms. The molecule has 0 nitrogen and oxygen atoms in total. The van der Waals surface area contributed by atoms with Gasteiger partial charge in [0.2, 0.25) is 0 Å². The molecule has 0 unspecified atom stereocenters. The van der Waals surface area contributed by atoms with Gasteiger partial charge in [-0.2, -0.15) is 0 Å². The van der Waals surface area contributed by atoms with E-state index in [0.29, 0.717) is 0 Å². The molecule has 0 amide bonds. The average Bonchev–Trinajstić information content (AvgIpc) is 3.38. The second-order valence-corrected chi connectivity index (χ2v) is 16.7. The maximum absolute atomic E-state index is 2.40. The van der Waals surface area contributed by atoms with Gasteiger partial charge in [-0.05, 0) is 133 Å². The Hall–Kier alpha value is -8.32. The van der Waals surface area contributed by atoms with E-state index in [9.17, 15) is 0 Å². The molecular weight excluding hydrogens is 769 g/mol. The van der Waals surface area contributed by atoms with Gasteiger partial charge in [0.05, 0.1) is 0 Å². The van der Waals surface area contributed by atoms with E-state index in [-0.39, 0.29) is 0 Å². The van der Waals surface area contributed by atoms with Crippen molar-refractivity contribution in [2.75, 3.05) is 0 Å². The van der Waals surface area contributed by atoms with E-state index in [2.05, 4.69) is 255 Å². The van der Waals surface area contributed by atoms with Crippen molar-refractivity contribution in [2.45, 2.75) is 0 Å². The SMILES string of the molecule is c1ccc(-c2ccc(-c3c(-c4cccc(-c5cccc(-c6c(-c7ccc(-c8ccccc8)cc7)c7ccccc7c7ccccc67)c5)c4)c4ccccc4c4ccccc34)cc2)cc1. The van der Waals surface area contributed by atoms with Crippen LogP contribution in [0.3, 0.4) is 0 Å². The smallest absolute Gasteiger partial charge is 0.00201 e. The Kier molecular flexibility index (Phi) is 9.28. The Bertz CT molecular complexity index is 3430. The zero-order valence-corrected chi connectivity index (χ0v) is 35.2. The van der Waals surface area contributed by atoms with Crippen LogP contribution in [0.2, 0.25) is 0 Å². The summed E-state index contributed by atoms with van der Waals surface area (Å²) in [6, 6.07) is 93.6. The van der Waals surface area contributed by atoms with E-state index in [4.69, 9.17) is 0 Å². The van der Waals surface area contributed by atoms with Crippen LogP contribution in [0.25, 0.3) is 121 Å². The molecule has 0 bridgehead atoms. The van der Waals surface area contributed by atoms with Crippen LogP contribution in [0.15, 0.2) is 255 Å². The topological polar surface area (TPSA) is 0 Å². The molecule has 0 saturated carbocycles. The van der Waals surface area contributed by atoms with E-state index in [1.165, 1.54) is 121 Å². The summed E-state index contributed by atoms with van der Waals surface area (Å²) >= 11 is 0. The summed E-state index contributed by atoms with van der Waals surface area (Å²) < 4.78 is 0. The average molecular weight is 811 g/mol. The molecule has 0 aliphatic rings. The third-order valence-electron chi connectivity index (χ3n) is 13.1. The Labute approximate surface area is 374 Å². The van der Waals surface area contributed by atoms with Crippen LogP contribution < -0.4 is 0 Å². The fraction of sp³-hybridized carbons (Fsp3) is 0. The summed E-state index contributed by atoms with van der Waals surface area (Å²) in [6.45, 7) is 0. The predicted molar refractivity (Wildman–Crippen MR) is 275 cm³/mol. The Balaban J connectivity index is 1.04. The molecule has 0 N–H and O–H groups in total. The number of rotatable bonds is 7. The molecule has 0 aliphatic carbocycles. The van der Waals surface area contributed by atoms with Crippen molar-refractivity contribution >= 4 is 43.1 Å². The second-order valence-electron chi connectivity index (χ2n) is 16.7. The summed E-state index contributed by atoms with van der Waals surface area (Å²) in [5, 5.41) is 10.1. The second kappa shape index (κ2) is 15.9. The van der Waals surface area contributed by atoms with E-state index >= 15 is 0 Å². The van der Waals surface area contributed by atoms with Gasteiger partial charge in [-0.3, -0.25) is 0 Å². The fourth-order valence-electron chi connectivity index (χ4n) is 10.1. The largest absolute Gasteiger partial charge is 0.0622 e. The van der Waals surface area contributed by atoms with Crippen molar-refractivity contribution in [3.05, 3.63) is 255 Å². The molecule has 12 aromatic carbocycles. The Morgan fingerprint density at radius 2 is 0.344 bits per heavy atom. The van der Waals surface area contributed by atoms with Crippen LogP contribution in [-0.4, -0.2) is 0 Å². The summed E-state index contributed by atoms with van der Waals surface area (Å²) in [7, 11) is 0. The highest BCUT2D eigenvalue weighted by molar-refractivity contribution is 6.23. The Morgan fingerprint density at radius 1 is 0.125 bits per heavy atom. The lowest BCUT2D eigenvalue weighted by atomic mass is 9.83. The number of hydrogen-bond acceptors (Lipinski definition) is 0. The summed E-state index contributed by atoms with van der Waals surface area (Å²) in [6.07, 6.45) is 0. The van der Waals surface area contributed by atoms with Crippen LogP contribution in [-0.2, 0) is 0 Å². The summed E-state index contributed by atoms with van der Waals surface area (Å²) in [4.78, 5) is 0. The highest BCUT2D eigenvalue weighted by atomic mass is 14.2. The third-order valence-corrected chi connectivity index (χ3v) is 13.1. The maximum atomic E-state index is 2.40. The molecular formula is C64H42. The van der Waals surface area contributed by atoms with Gasteiger partial charge in [-0.25, -0.2) is 0 Å². The molecule has 12 rings (SSSR count). The predicted octanol–water partition coefficient (Wildman–Crippen LogP) is 18.0. The summed E-state index contributed by atoms with van der Waals surface area (Å²) in [5.41, 5.74) is 17.0. The standard InChI is InChI=1S/C64H42/c1-3-17-43(18-4-1)45-33-37-47(38-34-45)61-57-29-11-7-25-53(57)55-27-9-13-31-59(55)63(61)51-23-15-21-49(41-51)50-22-16-24-52(42-50)64-60-32-14-10-28-56(60)54-26-8-12-30-58(54)62(64)48-39-35-46(36-40-48)44-19-5-2-6-20-44/h1-42H. The quantitative estimate of drug-likeness (QED) is 0.141. The summed E-state index contributed by atoms with van der Waals surface area (Å²) in [5.74, 6) is 0. The van der Waals surface area contributed by atoms with Gasteiger partial charge in [0.25, 0.3) is 0 Å². The molecule has 0 spiro atoms. The molecule has 12 aromatic rings. The molecule has 0 saturated heterocycles. The van der Waals surface area contributed by atoms with Crippen molar-refractivity contribution < 1.29 is 0 Å². The molecule has 0 aliphatic heterocycles. The van der Waals surface area contributed by atoms with E-state index < -0.39 is 0 Å². The third kappa shape index (κ3) is 6.48. The molecule has 0 heterocycles. The van der Waals surface area contributed by atoms with E-state index in [1.807, 2.05) is 0 Å². The van der Waals surface area contributed by atoms with Gasteiger partial charge in [0, 0.05) is 0 Å². The maximum Gasteiger partial charge on any atom is -0.00201 e. The number of benzene rings is 12. The Morgan fingerprint density at radius 3 is 0.672 bits per heavy atom.